The third kappa shape index (κ3) is 4.19. The summed E-state index contributed by atoms with van der Waals surface area (Å²) in [4.78, 5) is 0. The molecule has 35 heavy (non-hydrogen) atoms. The van der Waals surface area contributed by atoms with E-state index in [1.807, 2.05) is 36.4 Å². The van der Waals surface area contributed by atoms with E-state index in [-0.39, 0.29) is 23.0 Å². The third-order valence-electron chi connectivity index (χ3n) is 6.04. The summed E-state index contributed by atoms with van der Waals surface area (Å²) < 4.78 is 6.27. The fourth-order valence-corrected chi connectivity index (χ4v) is 4.33. The lowest BCUT2D eigenvalue weighted by Crippen LogP contribution is -2.00. The smallest absolute Gasteiger partial charge is 0.146 e. The van der Waals surface area contributed by atoms with Gasteiger partial charge in [0.2, 0.25) is 0 Å². The largest absolute Gasteiger partial charge is 0.507 e. The SMILES string of the molecule is Oc1ccccc1-c1c(C(O)c2ccccc2)oc(C(O)c2ccccc2)c1-c1ccccc1O. The van der Waals surface area contributed by atoms with Gasteiger partial charge >= 0.3 is 0 Å². The van der Waals surface area contributed by atoms with Gasteiger partial charge in [-0.25, -0.2) is 0 Å². The van der Waals surface area contributed by atoms with E-state index in [9.17, 15) is 20.4 Å². The number of para-hydroxylation sites is 2. The minimum Gasteiger partial charge on any atom is -0.507 e. The molecule has 1 aromatic heterocycles. The molecule has 4 N–H and O–H groups in total. The maximum absolute atomic E-state index is 11.4. The molecule has 5 nitrogen and oxygen atoms in total. The number of aliphatic hydroxyl groups excluding tert-OH is 2. The van der Waals surface area contributed by atoms with Crippen LogP contribution in [0.1, 0.15) is 34.9 Å². The molecule has 0 aliphatic carbocycles. The van der Waals surface area contributed by atoms with Crippen LogP contribution in [-0.2, 0) is 0 Å². The normalized spacial score (nSPS) is 12.9. The zero-order valence-corrected chi connectivity index (χ0v) is 18.7. The zero-order chi connectivity index (χ0) is 24.4. The van der Waals surface area contributed by atoms with Crippen LogP contribution in [0.15, 0.2) is 114 Å². The van der Waals surface area contributed by atoms with E-state index in [2.05, 4.69) is 0 Å². The van der Waals surface area contributed by atoms with Crippen molar-refractivity contribution < 1.29 is 24.8 Å². The van der Waals surface area contributed by atoms with Gasteiger partial charge in [0.15, 0.2) is 0 Å². The van der Waals surface area contributed by atoms with E-state index in [0.717, 1.165) is 0 Å². The Kier molecular flexibility index (Phi) is 6.10. The number of phenols is 2. The predicted octanol–water partition coefficient (Wildman–Crippen LogP) is 6.19. The molecule has 0 aliphatic rings. The predicted molar refractivity (Wildman–Crippen MR) is 134 cm³/mol. The van der Waals surface area contributed by atoms with Gasteiger partial charge < -0.3 is 24.8 Å². The molecule has 5 aromatic rings. The van der Waals surface area contributed by atoms with Gasteiger partial charge in [0.1, 0.15) is 35.2 Å². The average Bonchev–Trinajstić information content (AvgIpc) is 3.29. The highest BCUT2D eigenvalue weighted by atomic mass is 16.4. The van der Waals surface area contributed by atoms with Crippen LogP contribution in [0, 0.1) is 0 Å². The maximum Gasteiger partial charge on any atom is 0.146 e. The molecule has 0 amide bonds. The second-order valence-electron chi connectivity index (χ2n) is 8.24. The van der Waals surface area contributed by atoms with Gasteiger partial charge in [0.25, 0.3) is 0 Å². The maximum atomic E-state index is 11.4. The van der Waals surface area contributed by atoms with Crippen LogP contribution in [0.5, 0.6) is 11.5 Å². The van der Waals surface area contributed by atoms with Crippen molar-refractivity contribution in [2.24, 2.45) is 0 Å². The van der Waals surface area contributed by atoms with Crippen LogP contribution in [-0.4, -0.2) is 20.4 Å². The molecule has 0 bridgehead atoms. The molecule has 0 spiro atoms. The standard InChI is InChI=1S/C30H24O5/c31-23-17-9-7-15-21(23)25-26(22-16-8-10-18-24(22)32)30(28(34)20-13-5-2-6-14-20)35-29(25)27(33)19-11-3-1-4-12-19/h1-18,27-28,31-34H. The van der Waals surface area contributed by atoms with Crippen LogP contribution >= 0.6 is 0 Å². The summed E-state index contributed by atoms with van der Waals surface area (Å²) >= 11 is 0. The van der Waals surface area contributed by atoms with Crippen molar-refractivity contribution in [2.75, 3.05) is 0 Å². The van der Waals surface area contributed by atoms with Gasteiger partial charge in [-0.3, -0.25) is 0 Å². The molecular weight excluding hydrogens is 440 g/mol. The highest BCUT2D eigenvalue weighted by molar-refractivity contribution is 5.91. The summed E-state index contributed by atoms with van der Waals surface area (Å²) in [6.07, 6.45) is -2.38. The van der Waals surface area contributed by atoms with Crippen molar-refractivity contribution in [1.29, 1.82) is 0 Å². The summed E-state index contributed by atoms with van der Waals surface area (Å²) in [7, 11) is 0. The van der Waals surface area contributed by atoms with Crippen LogP contribution in [0.3, 0.4) is 0 Å². The highest BCUT2D eigenvalue weighted by Gasteiger charge is 2.33. The first-order valence-corrected chi connectivity index (χ1v) is 11.3. The number of rotatable bonds is 6. The minimum absolute atomic E-state index is 0.0211. The summed E-state index contributed by atoms with van der Waals surface area (Å²) in [5, 5.41) is 44.4. The summed E-state index contributed by atoms with van der Waals surface area (Å²) in [6, 6.07) is 31.5. The number of aliphatic hydroxyl groups is 2. The molecule has 0 aliphatic heterocycles. The molecule has 5 heteroatoms. The van der Waals surface area contributed by atoms with E-state index >= 15 is 0 Å². The van der Waals surface area contributed by atoms with E-state index in [1.54, 1.807) is 72.8 Å². The zero-order valence-electron chi connectivity index (χ0n) is 18.7. The van der Waals surface area contributed by atoms with Crippen molar-refractivity contribution in [3.63, 3.8) is 0 Å². The Morgan fingerprint density at radius 1 is 0.457 bits per heavy atom. The summed E-state index contributed by atoms with van der Waals surface area (Å²) in [5.41, 5.74) is 2.78. The number of hydrogen-bond acceptors (Lipinski definition) is 5. The monoisotopic (exact) mass is 464 g/mol. The Bertz CT molecular complexity index is 1330. The molecule has 0 saturated carbocycles. The van der Waals surface area contributed by atoms with E-state index < -0.39 is 12.2 Å². The van der Waals surface area contributed by atoms with Gasteiger partial charge in [-0.15, -0.1) is 0 Å². The van der Waals surface area contributed by atoms with Gasteiger partial charge in [0.05, 0.1) is 0 Å². The lowest BCUT2D eigenvalue weighted by Gasteiger charge is -2.14. The molecule has 174 valence electrons. The first kappa shape index (κ1) is 22.5. The molecule has 0 saturated heterocycles. The lowest BCUT2D eigenvalue weighted by atomic mass is 9.89. The van der Waals surface area contributed by atoms with Crippen LogP contribution in [0.4, 0.5) is 0 Å². The molecule has 4 aromatic carbocycles. The Morgan fingerprint density at radius 3 is 1.17 bits per heavy atom. The van der Waals surface area contributed by atoms with Crippen LogP contribution in [0.25, 0.3) is 22.3 Å². The Hall–Kier alpha value is -4.32. The second-order valence-corrected chi connectivity index (χ2v) is 8.24. The molecule has 1 heterocycles. The van der Waals surface area contributed by atoms with Gasteiger partial charge in [-0.1, -0.05) is 97.1 Å². The highest BCUT2D eigenvalue weighted by Crippen LogP contribution is 2.50. The van der Waals surface area contributed by atoms with Crippen molar-refractivity contribution in [3.05, 3.63) is 132 Å². The molecule has 5 rings (SSSR count). The topological polar surface area (TPSA) is 94.1 Å². The van der Waals surface area contributed by atoms with Crippen molar-refractivity contribution in [1.82, 2.24) is 0 Å². The van der Waals surface area contributed by atoms with Gasteiger partial charge in [0, 0.05) is 22.3 Å². The summed E-state index contributed by atoms with van der Waals surface area (Å²) in [6.45, 7) is 0. The fourth-order valence-electron chi connectivity index (χ4n) is 4.33. The van der Waals surface area contributed by atoms with Gasteiger partial charge in [-0.05, 0) is 23.3 Å². The lowest BCUT2D eigenvalue weighted by molar-refractivity contribution is 0.160. The summed E-state index contributed by atoms with van der Waals surface area (Å²) in [5.74, 6) is 0.265. The Labute approximate surface area is 202 Å². The average molecular weight is 465 g/mol. The third-order valence-corrected chi connectivity index (χ3v) is 6.04. The van der Waals surface area contributed by atoms with Crippen molar-refractivity contribution in [3.8, 4) is 33.8 Å². The van der Waals surface area contributed by atoms with Crippen molar-refractivity contribution in [2.45, 2.75) is 12.2 Å². The van der Waals surface area contributed by atoms with Crippen LogP contribution < -0.4 is 0 Å². The minimum atomic E-state index is -1.19. The van der Waals surface area contributed by atoms with E-state index in [4.69, 9.17) is 4.42 Å². The van der Waals surface area contributed by atoms with E-state index in [1.165, 1.54) is 0 Å². The molecule has 0 radical (unpaired) electrons. The number of benzene rings is 4. The fraction of sp³-hybridized carbons (Fsp3) is 0.0667. The molecule has 2 unspecified atom stereocenters. The second kappa shape index (κ2) is 9.50. The molecule has 0 fully saturated rings. The number of phenolic OH excluding ortho intramolecular Hbond substituents is 2. The first-order chi connectivity index (χ1) is 17.1. The van der Waals surface area contributed by atoms with Gasteiger partial charge in [-0.2, -0.15) is 0 Å². The Morgan fingerprint density at radius 2 is 0.800 bits per heavy atom. The Balaban J connectivity index is 1.86. The van der Waals surface area contributed by atoms with Crippen molar-refractivity contribution >= 4 is 0 Å². The number of aromatic hydroxyl groups is 2. The number of furan rings is 1. The molecule has 2 atom stereocenters. The van der Waals surface area contributed by atoms with Crippen LogP contribution in [0.2, 0.25) is 0 Å². The molecular formula is C30H24O5. The quantitative estimate of drug-likeness (QED) is 0.240. The van der Waals surface area contributed by atoms with E-state index in [0.29, 0.717) is 33.4 Å². The number of hydrogen-bond donors (Lipinski definition) is 4. The first-order valence-electron chi connectivity index (χ1n) is 11.3.